The summed E-state index contributed by atoms with van der Waals surface area (Å²) in [6, 6.07) is 17.3. The topological polar surface area (TPSA) is 21.3 Å². The summed E-state index contributed by atoms with van der Waals surface area (Å²) in [5.41, 5.74) is 3.88. The van der Waals surface area contributed by atoms with Crippen molar-refractivity contribution in [2.45, 2.75) is 32.9 Å². The van der Waals surface area contributed by atoms with Crippen LogP contribution in [0, 0.1) is 6.92 Å². The zero-order chi connectivity index (χ0) is 14.4. The highest BCUT2D eigenvalue weighted by Crippen LogP contribution is 2.17. The second-order valence-electron chi connectivity index (χ2n) is 5.28. The van der Waals surface area contributed by atoms with E-state index in [0.717, 1.165) is 18.7 Å². The van der Waals surface area contributed by atoms with Gasteiger partial charge in [-0.1, -0.05) is 48.0 Å². The number of aryl methyl sites for hydroxylation is 1. The van der Waals surface area contributed by atoms with Crippen LogP contribution in [-0.4, -0.2) is 13.2 Å². The van der Waals surface area contributed by atoms with E-state index in [1.165, 1.54) is 16.7 Å². The summed E-state index contributed by atoms with van der Waals surface area (Å²) in [5.74, 6) is 0.947. The van der Waals surface area contributed by atoms with Crippen LogP contribution in [-0.2, 0) is 13.0 Å². The Bertz CT molecular complexity index is 533. The molecule has 20 heavy (non-hydrogen) atoms. The molecule has 0 aliphatic rings. The third-order valence-electron chi connectivity index (χ3n) is 3.50. The van der Waals surface area contributed by atoms with E-state index in [0.29, 0.717) is 6.04 Å². The molecule has 0 aliphatic carbocycles. The van der Waals surface area contributed by atoms with Crippen molar-refractivity contribution >= 4 is 0 Å². The van der Waals surface area contributed by atoms with Crippen LogP contribution >= 0.6 is 0 Å². The third kappa shape index (κ3) is 4.10. The molecule has 0 unspecified atom stereocenters. The predicted octanol–water partition coefficient (Wildman–Crippen LogP) is 3.72. The molecule has 2 heteroatoms. The fourth-order valence-electron chi connectivity index (χ4n) is 2.28. The summed E-state index contributed by atoms with van der Waals surface area (Å²) < 4.78 is 5.37. The van der Waals surface area contributed by atoms with Gasteiger partial charge in [-0.15, -0.1) is 0 Å². The van der Waals surface area contributed by atoms with E-state index in [1.54, 1.807) is 7.11 Å². The fraction of sp³-hybridized carbons (Fsp3) is 0.333. The van der Waals surface area contributed by atoms with Gasteiger partial charge in [0.15, 0.2) is 0 Å². The van der Waals surface area contributed by atoms with Crippen LogP contribution in [0.15, 0.2) is 48.5 Å². The van der Waals surface area contributed by atoms with E-state index in [4.69, 9.17) is 4.74 Å². The van der Waals surface area contributed by atoms with Crippen molar-refractivity contribution in [1.29, 1.82) is 0 Å². The van der Waals surface area contributed by atoms with Crippen molar-refractivity contribution in [1.82, 2.24) is 5.32 Å². The molecule has 2 rings (SSSR count). The molecule has 0 aromatic heterocycles. The summed E-state index contributed by atoms with van der Waals surface area (Å²) in [6.45, 7) is 5.17. The maximum atomic E-state index is 5.37. The van der Waals surface area contributed by atoms with Gasteiger partial charge < -0.3 is 10.1 Å². The highest BCUT2D eigenvalue weighted by molar-refractivity contribution is 5.33. The maximum absolute atomic E-state index is 5.37. The molecule has 0 saturated carbocycles. The zero-order valence-electron chi connectivity index (χ0n) is 12.5. The minimum Gasteiger partial charge on any atom is -0.496 e. The number of benzene rings is 2. The molecule has 106 valence electrons. The number of ether oxygens (including phenoxy) is 1. The highest BCUT2D eigenvalue weighted by atomic mass is 16.5. The van der Waals surface area contributed by atoms with E-state index < -0.39 is 0 Å². The van der Waals surface area contributed by atoms with Crippen molar-refractivity contribution in [2.75, 3.05) is 7.11 Å². The first-order chi connectivity index (χ1) is 9.69. The average Bonchev–Trinajstić information content (AvgIpc) is 2.48. The van der Waals surface area contributed by atoms with Gasteiger partial charge in [0, 0.05) is 18.2 Å². The molecule has 0 aliphatic heterocycles. The van der Waals surface area contributed by atoms with E-state index in [9.17, 15) is 0 Å². The quantitative estimate of drug-likeness (QED) is 0.863. The van der Waals surface area contributed by atoms with Gasteiger partial charge in [-0.25, -0.2) is 0 Å². The molecule has 2 aromatic carbocycles. The minimum absolute atomic E-state index is 0.433. The van der Waals surface area contributed by atoms with E-state index in [2.05, 4.69) is 49.5 Å². The maximum Gasteiger partial charge on any atom is 0.123 e. The first-order valence-electron chi connectivity index (χ1n) is 7.10. The number of methoxy groups -OCH3 is 1. The van der Waals surface area contributed by atoms with Gasteiger partial charge in [-0.05, 0) is 31.9 Å². The minimum atomic E-state index is 0.433. The number of rotatable bonds is 6. The fourth-order valence-corrected chi connectivity index (χ4v) is 2.28. The molecule has 2 nitrogen and oxygen atoms in total. The van der Waals surface area contributed by atoms with Crippen molar-refractivity contribution in [3.8, 4) is 5.75 Å². The first-order valence-corrected chi connectivity index (χ1v) is 7.10. The van der Waals surface area contributed by atoms with Crippen LogP contribution in [0.25, 0.3) is 0 Å². The molecule has 0 radical (unpaired) electrons. The van der Waals surface area contributed by atoms with Crippen molar-refractivity contribution < 1.29 is 4.74 Å². The molecule has 0 amide bonds. The van der Waals surface area contributed by atoms with Gasteiger partial charge in [0.1, 0.15) is 5.75 Å². The number of para-hydroxylation sites is 1. The summed E-state index contributed by atoms with van der Waals surface area (Å²) >= 11 is 0. The Labute approximate surface area is 121 Å². The molecule has 0 saturated heterocycles. The average molecular weight is 269 g/mol. The largest absolute Gasteiger partial charge is 0.496 e. The van der Waals surface area contributed by atoms with Crippen LogP contribution in [0.4, 0.5) is 0 Å². The number of hydrogen-bond acceptors (Lipinski definition) is 2. The molecule has 0 spiro atoms. The van der Waals surface area contributed by atoms with Crippen LogP contribution in [0.2, 0.25) is 0 Å². The Kier molecular flexibility index (Phi) is 5.19. The summed E-state index contributed by atoms with van der Waals surface area (Å²) in [5, 5.41) is 3.56. The molecule has 0 heterocycles. The van der Waals surface area contributed by atoms with Crippen LogP contribution in [0.5, 0.6) is 5.75 Å². The monoisotopic (exact) mass is 269 g/mol. The van der Waals surface area contributed by atoms with Crippen LogP contribution in [0.1, 0.15) is 23.6 Å². The normalized spacial score (nSPS) is 12.2. The summed E-state index contributed by atoms with van der Waals surface area (Å²) in [7, 11) is 1.72. The van der Waals surface area contributed by atoms with Gasteiger partial charge in [0.2, 0.25) is 0 Å². The molecular weight excluding hydrogens is 246 g/mol. The SMILES string of the molecule is COc1ccccc1CN[C@@H](C)Cc1ccc(C)cc1. The molecule has 0 fully saturated rings. The number of hydrogen-bond donors (Lipinski definition) is 1. The smallest absolute Gasteiger partial charge is 0.123 e. The Morgan fingerprint density at radius 1 is 1.05 bits per heavy atom. The van der Waals surface area contributed by atoms with Gasteiger partial charge in [-0.3, -0.25) is 0 Å². The summed E-state index contributed by atoms with van der Waals surface area (Å²) in [4.78, 5) is 0. The highest BCUT2D eigenvalue weighted by Gasteiger charge is 2.06. The molecule has 1 N–H and O–H groups in total. The van der Waals surface area contributed by atoms with Gasteiger partial charge in [0.25, 0.3) is 0 Å². The standard InChI is InChI=1S/C18H23NO/c1-14-8-10-16(11-9-14)12-15(2)19-13-17-6-4-5-7-18(17)20-3/h4-11,15,19H,12-13H2,1-3H3/t15-/m0/s1. The third-order valence-corrected chi connectivity index (χ3v) is 3.50. The molecule has 2 aromatic rings. The lowest BCUT2D eigenvalue weighted by molar-refractivity contribution is 0.405. The van der Waals surface area contributed by atoms with Crippen molar-refractivity contribution in [3.05, 3.63) is 65.2 Å². The Hall–Kier alpha value is -1.80. The second-order valence-corrected chi connectivity index (χ2v) is 5.28. The van der Waals surface area contributed by atoms with Gasteiger partial charge >= 0.3 is 0 Å². The molecule has 0 bridgehead atoms. The van der Waals surface area contributed by atoms with E-state index >= 15 is 0 Å². The lowest BCUT2D eigenvalue weighted by atomic mass is 10.1. The van der Waals surface area contributed by atoms with Crippen LogP contribution < -0.4 is 10.1 Å². The lowest BCUT2D eigenvalue weighted by Crippen LogP contribution is -2.27. The van der Waals surface area contributed by atoms with Crippen molar-refractivity contribution in [3.63, 3.8) is 0 Å². The Morgan fingerprint density at radius 2 is 1.75 bits per heavy atom. The Balaban J connectivity index is 1.88. The lowest BCUT2D eigenvalue weighted by Gasteiger charge is -2.15. The van der Waals surface area contributed by atoms with E-state index in [-0.39, 0.29) is 0 Å². The van der Waals surface area contributed by atoms with E-state index in [1.807, 2.05) is 18.2 Å². The van der Waals surface area contributed by atoms with Gasteiger partial charge in [0.05, 0.1) is 7.11 Å². The Morgan fingerprint density at radius 3 is 2.45 bits per heavy atom. The number of nitrogens with one attached hydrogen (secondary N) is 1. The predicted molar refractivity (Wildman–Crippen MR) is 84.2 cm³/mol. The summed E-state index contributed by atoms with van der Waals surface area (Å²) in [6.07, 6.45) is 1.04. The first kappa shape index (κ1) is 14.6. The van der Waals surface area contributed by atoms with Crippen molar-refractivity contribution in [2.24, 2.45) is 0 Å². The van der Waals surface area contributed by atoms with Gasteiger partial charge in [-0.2, -0.15) is 0 Å². The van der Waals surface area contributed by atoms with Crippen LogP contribution in [0.3, 0.4) is 0 Å². The molecule has 1 atom stereocenters. The zero-order valence-corrected chi connectivity index (χ0v) is 12.5. The molecular formula is C18H23NO. The second kappa shape index (κ2) is 7.11.